The fourth-order valence-corrected chi connectivity index (χ4v) is 4.17. The number of rotatable bonds is 5. The van der Waals surface area contributed by atoms with Gasteiger partial charge < -0.3 is 4.90 Å². The summed E-state index contributed by atoms with van der Waals surface area (Å²) in [6.07, 6.45) is 6.83. The smallest absolute Gasteiger partial charge is 0.255 e. The van der Waals surface area contributed by atoms with Crippen LogP contribution in [0.2, 0.25) is 0 Å². The summed E-state index contributed by atoms with van der Waals surface area (Å²) in [4.78, 5) is 19.2. The third-order valence-corrected chi connectivity index (χ3v) is 5.70. The summed E-state index contributed by atoms with van der Waals surface area (Å²) in [5.41, 5.74) is 8.95. The van der Waals surface area contributed by atoms with Crippen LogP contribution in [0.3, 0.4) is 0 Å². The summed E-state index contributed by atoms with van der Waals surface area (Å²) in [5, 5.41) is 0. The molecule has 0 saturated heterocycles. The second-order valence-electron chi connectivity index (χ2n) is 7.59. The number of aromatic nitrogens is 1. The molecule has 0 unspecified atom stereocenters. The summed E-state index contributed by atoms with van der Waals surface area (Å²) in [6.45, 7) is 7.56. The highest BCUT2D eigenvalue weighted by molar-refractivity contribution is 6.00. The molecule has 0 spiro atoms. The lowest BCUT2D eigenvalue weighted by atomic mass is 9.97. The van der Waals surface area contributed by atoms with Gasteiger partial charge in [-0.05, 0) is 65.8 Å². The van der Waals surface area contributed by atoms with Crippen LogP contribution in [0.4, 0.5) is 0 Å². The maximum Gasteiger partial charge on any atom is 0.255 e. The molecule has 3 nitrogen and oxygen atoms in total. The second kappa shape index (κ2) is 8.04. The van der Waals surface area contributed by atoms with E-state index in [1.807, 2.05) is 24.1 Å². The maximum atomic E-state index is 13.0. The van der Waals surface area contributed by atoms with E-state index >= 15 is 0 Å². The number of hydrogen-bond donors (Lipinski definition) is 0. The lowest BCUT2D eigenvalue weighted by Gasteiger charge is -2.16. The number of fused-ring (bicyclic) bond motifs is 1. The molecular weight excluding hydrogens is 356 g/mol. The zero-order valence-electron chi connectivity index (χ0n) is 17.3. The van der Waals surface area contributed by atoms with Crippen LogP contribution in [0.1, 0.15) is 52.9 Å². The van der Waals surface area contributed by atoms with Gasteiger partial charge in [-0.15, -0.1) is 0 Å². The van der Waals surface area contributed by atoms with Gasteiger partial charge in [-0.25, -0.2) is 0 Å². The Morgan fingerprint density at radius 1 is 1.14 bits per heavy atom. The van der Waals surface area contributed by atoms with Gasteiger partial charge in [0.15, 0.2) is 0 Å². The Labute approximate surface area is 172 Å². The molecule has 1 amide bonds. The van der Waals surface area contributed by atoms with Crippen molar-refractivity contribution in [1.82, 2.24) is 9.88 Å². The van der Waals surface area contributed by atoms with E-state index < -0.39 is 0 Å². The molecule has 2 aromatic carbocycles. The van der Waals surface area contributed by atoms with Crippen molar-refractivity contribution >= 4 is 11.5 Å². The minimum absolute atomic E-state index is 0.127. The lowest BCUT2D eigenvalue weighted by Crippen LogP contribution is -2.23. The van der Waals surface area contributed by atoms with E-state index in [1.165, 1.54) is 11.1 Å². The average molecular weight is 383 g/mol. The fourth-order valence-electron chi connectivity index (χ4n) is 4.17. The van der Waals surface area contributed by atoms with E-state index in [0.717, 1.165) is 39.8 Å². The molecule has 3 aromatic rings. The van der Waals surface area contributed by atoms with Crippen molar-refractivity contribution in [3.05, 3.63) is 94.8 Å². The van der Waals surface area contributed by atoms with E-state index in [1.54, 1.807) is 6.20 Å². The summed E-state index contributed by atoms with van der Waals surface area (Å²) in [7, 11) is 0. The largest absolute Gasteiger partial charge is 0.330 e. The first-order valence-electron chi connectivity index (χ1n) is 10.2. The predicted octanol–water partition coefficient (Wildman–Crippen LogP) is 6.03. The summed E-state index contributed by atoms with van der Waals surface area (Å²) in [6, 6.07) is 16.8. The van der Waals surface area contributed by atoms with E-state index in [4.69, 9.17) is 0 Å². The topological polar surface area (TPSA) is 33.2 Å². The Hall–Kier alpha value is -3.20. The summed E-state index contributed by atoms with van der Waals surface area (Å²) in [5.74, 6) is 0.127. The molecule has 0 fully saturated rings. The number of benzene rings is 2. The normalized spacial score (nSPS) is 13.7. The zero-order chi connectivity index (χ0) is 20.4. The van der Waals surface area contributed by atoms with Crippen LogP contribution in [-0.2, 0) is 13.1 Å². The van der Waals surface area contributed by atoms with Crippen molar-refractivity contribution < 1.29 is 4.79 Å². The molecular formula is C26H26N2O. The van der Waals surface area contributed by atoms with Crippen molar-refractivity contribution in [3.8, 4) is 11.1 Å². The van der Waals surface area contributed by atoms with E-state index in [9.17, 15) is 4.79 Å². The summed E-state index contributed by atoms with van der Waals surface area (Å²) >= 11 is 0. The number of nitrogens with zero attached hydrogens (tertiary/aromatic N) is 2. The summed E-state index contributed by atoms with van der Waals surface area (Å²) < 4.78 is 0. The van der Waals surface area contributed by atoms with Crippen molar-refractivity contribution in [2.45, 2.75) is 40.3 Å². The average Bonchev–Trinajstić information content (AvgIpc) is 3.06. The van der Waals surface area contributed by atoms with Gasteiger partial charge in [-0.1, -0.05) is 49.4 Å². The highest BCUT2D eigenvalue weighted by Gasteiger charge is 2.29. The highest BCUT2D eigenvalue weighted by Crippen LogP contribution is 2.32. The van der Waals surface area contributed by atoms with Crippen LogP contribution in [0, 0.1) is 6.92 Å². The molecule has 0 saturated carbocycles. The van der Waals surface area contributed by atoms with Gasteiger partial charge in [0.25, 0.3) is 5.91 Å². The molecule has 0 bridgehead atoms. The van der Waals surface area contributed by atoms with Gasteiger partial charge >= 0.3 is 0 Å². The van der Waals surface area contributed by atoms with Gasteiger partial charge in [0.05, 0.1) is 0 Å². The van der Waals surface area contributed by atoms with Gasteiger partial charge in [-0.3, -0.25) is 9.78 Å². The van der Waals surface area contributed by atoms with Crippen LogP contribution < -0.4 is 0 Å². The molecule has 0 aliphatic carbocycles. The van der Waals surface area contributed by atoms with Crippen molar-refractivity contribution in [2.24, 2.45) is 0 Å². The predicted molar refractivity (Wildman–Crippen MR) is 118 cm³/mol. The van der Waals surface area contributed by atoms with E-state index in [-0.39, 0.29) is 5.91 Å². The molecule has 4 rings (SSSR count). The van der Waals surface area contributed by atoms with Crippen LogP contribution in [-0.4, -0.2) is 15.8 Å². The molecule has 0 radical (unpaired) electrons. The third-order valence-electron chi connectivity index (χ3n) is 5.70. The Balaban J connectivity index is 1.56. The van der Waals surface area contributed by atoms with Gasteiger partial charge in [0, 0.05) is 36.6 Å². The first-order chi connectivity index (χ1) is 14.1. The first-order valence-corrected chi connectivity index (χ1v) is 10.2. The monoisotopic (exact) mass is 382 g/mol. The molecule has 2 heterocycles. The molecule has 1 aliphatic rings. The highest BCUT2D eigenvalue weighted by atomic mass is 16.2. The minimum Gasteiger partial charge on any atom is -0.330 e. The van der Waals surface area contributed by atoms with Gasteiger partial charge in [0.2, 0.25) is 0 Å². The number of carbonyl (C=O) groups is 1. The molecule has 0 N–H and O–H groups in total. The zero-order valence-corrected chi connectivity index (χ0v) is 17.3. The fraction of sp³-hybridized carbons (Fsp3) is 0.231. The quantitative estimate of drug-likeness (QED) is 0.540. The Morgan fingerprint density at radius 3 is 2.59 bits per heavy atom. The third kappa shape index (κ3) is 3.73. The van der Waals surface area contributed by atoms with Crippen LogP contribution in [0.25, 0.3) is 16.7 Å². The number of allylic oxidation sites excluding steroid dienone is 2. The maximum absolute atomic E-state index is 13.0. The minimum atomic E-state index is 0.127. The van der Waals surface area contributed by atoms with Crippen molar-refractivity contribution in [2.75, 3.05) is 0 Å². The number of amides is 1. The molecule has 3 heteroatoms. The SMILES string of the molecule is C/C=C(/CC)c1ccc(CN2Cc3cc(-c4cccnc4)cc(C)c3C2=O)cc1. The van der Waals surface area contributed by atoms with Gasteiger partial charge in [-0.2, -0.15) is 0 Å². The van der Waals surface area contributed by atoms with Crippen LogP contribution >= 0.6 is 0 Å². The van der Waals surface area contributed by atoms with Crippen LogP contribution in [0.15, 0.2) is 67.0 Å². The number of carbonyl (C=O) groups excluding carboxylic acids is 1. The molecule has 29 heavy (non-hydrogen) atoms. The molecule has 1 aromatic heterocycles. The number of hydrogen-bond acceptors (Lipinski definition) is 2. The second-order valence-corrected chi connectivity index (χ2v) is 7.59. The number of aryl methyl sites for hydroxylation is 1. The Kier molecular flexibility index (Phi) is 5.30. The standard InChI is InChI=1S/C26H26N2O/c1-4-20(5-2)21-10-8-19(9-11-21)16-28-17-24-14-23(22-7-6-12-27-15-22)13-18(3)25(24)26(28)29/h4,6-15H,5,16-17H2,1-3H3/b20-4-. The van der Waals surface area contributed by atoms with Gasteiger partial charge in [0.1, 0.15) is 0 Å². The van der Waals surface area contributed by atoms with E-state index in [0.29, 0.717) is 13.1 Å². The Bertz CT molecular complexity index is 1070. The molecule has 0 atom stereocenters. The molecule has 1 aliphatic heterocycles. The lowest BCUT2D eigenvalue weighted by molar-refractivity contribution is 0.0766. The van der Waals surface area contributed by atoms with Crippen molar-refractivity contribution in [1.29, 1.82) is 0 Å². The van der Waals surface area contributed by atoms with E-state index in [2.05, 4.69) is 67.4 Å². The number of pyridine rings is 1. The first kappa shape index (κ1) is 19.1. The Morgan fingerprint density at radius 2 is 1.93 bits per heavy atom. The molecule has 146 valence electrons. The van der Waals surface area contributed by atoms with Crippen LogP contribution in [0.5, 0.6) is 0 Å². The van der Waals surface area contributed by atoms with Crippen molar-refractivity contribution in [3.63, 3.8) is 0 Å².